The van der Waals surface area contributed by atoms with Gasteiger partial charge in [-0.3, -0.25) is 4.98 Å². The molecule has 0 radical (unpaired) electrons. The third-order valence-electron chi connectivity index (χ3n) is 2.76. The number of methoxy groups -OCH3 is 1. The lowest BCUT2D eigenvalue weighted by Gasteiger charge is -2.08. The molecule has 2 aromatic rings. The van der Waals surface area contributed by atoms with Gasteiger partial charge in [0, 0.05) is 16.0 Å². The lowest BCUT2D eigenvalue weighted by molar-refractivity contribution is 0.169. The summed E-state index contributed by atoms with van der Waals surface area (Å²) in [7, 11) is 1.66. The summed E-state index contributed by atoms with van der Waals surface area (Å²) in [6, 6.07) is 11.7. The largest absolute Gasteiger partial charge is 0.497 e. The Balaban J connectivity index is 2.10. The van der Waals surface area contributed by atoms with Crippen LogP contribution in [-0.4, -0.2) is 17.2 Å². The smallest absolute Gasteiger partial charge is 0.119 e. The maximum atomic E-state index is 9.69. The lowest BCUT2D eigenvalue weighted by atomic mass is 10.2. The van der Waals surface area contributed by atoms with Crippen molar-refractivity contribution in [2.75, 3.05) is 7.11 Å². The van der Waals surface area contributed by atoms with Gasteiger partial charge in [0.2, 0.25) is 0 Å². The van der Waals surface area contributed by atoms with Gasteiger partial charge >= 0.3 is 0 Å². The number of aromatic nitrogens is 1. The molecule has 0 saturated heterocycles. The molecule has 1 aromatic carbocycles. The average molecular weight is 275 g/mol. The summed E-state index contributed by atoms with van der Waals surface area (Å²) in [5.41, 5.74) is 0.720. The van der Waals surface area contributed by atoms with Crippen molar-refractivity contribution >= 4 is 11.8 Å². The molecule has 0 amide bonds. The van der Waals surface area contributed by atoms with Gasteiger partial charge in [-0.05, 0) is 36.8 Å². The van der Waals surface area contributed by atoms with Crippen LogP contribution in [0.25, 0.3) is 0 Å². The van der Waals surface area contributed by atoms with Gasteiger partial charge in [-0.15, -0.1) is 0 Å². The van der Waals surface area contributed by atoms with Gasteiger partial charge in [0.15, 0.2) is 0 Å². The van der Waals surface area contributed by atoms with E-state index in [0.29, 0.717) is 6.42 Å². The second kappa shape index (κ2) is 6.59. The third-order valence-corrected chi connectivity index (χ3v) is 3.73. The Bertz CT molecular complexity index is 528. The van der Waals surface area contributed by atoms with Crippen molar-refractivity contribution in [3.63, 3.8) is 0 Å². The molecule has 1 aromatic heterocycles. The highest BCUT2D eigenvalue weighted by atomic mass is 32.2. The van der Waals surface area contributed by atoms with Crippen LogP contribution in [-0.2, 0) is 0 Å². The number of benzene rings is 1. The predicted octanol–water partition coefficient (Wildman–Crippen LogP) is 3.68. The van der Waals surface area contributed by atoms with Crippen molar-refractivity contribution in [2.24, 2.45) is 0 Å². The first-order chi connectivity index (χ1) is 9.22. The fourth-order valence-electron chi connectivity index (χ4n) is 1.66. The van der Waals surface area contributed by atoms with E-state index < -0.39 is 6.10 Å². The molecule has 2 rings (SSSR count). The van der Waals surface area contributed by atoms with E-state index >= 15 is 0 Å². The molecule has 0 aliphatic carbocycles. The zero-order valence-electron chi connectivity index (χ0n) is 11.0. The van der Waals surface area contributed by atoms with Crippen LogP contribution in [0.15, 0.2) is 52.4 Å². The van der Waals surface area contributed by atoms with Crippen molar-refractivity contribution in [1.29, 1.82) is 0 Å². The number of pyridine rings is 1. The van der Waals surface area contributed by atoms with E-state index in [1.54, 1.807) is 25.1 Å². The van der Waals surface area contributed by atoms with Gasteiger partial charge in [0.05, 0.1) is 18.9 Å². The van der Waals surface area contributed by atoms with E-state index in [9.17, 15) is 5.11 Å². The summed E-state index contributed by atoms with van der Waals surface area (Å²) in [5.74, 6) is 0.844. The Kier molecular flexibility index (Phi) is 4.82. The normalized spacial score (nSPS) is 12.2. The van der Waals surface area contributed by atoms with Crippen molar-refractivity contribution in [3.05, 3.63) is 48.3 Å². The Morgan fingerprint density at radius 1 is 1.26 bits per heavy atom. The molecule has 0 fully saturated rings. The van der Waals surface area contributed by atoms with Crippen LogP contribution in [0.4, 0.5) is 0 Å². The van der Waals surface area contributed by atoms with Gasteiger partial charge in [-0.1, -0.05) is 24.8 Å². The first-order valence-electron chi connectivity index (χ1n) is 6.19. The SMILES string of the molecule is CC[C@H](O)c1ccc(Sc2cccc(OC)c2)cn1. The molecule has 0 aliphatic rings. The molecular weight excluding hydrogens is 258 g/mol. The number of rotatable bonds is 5. The Hall–Kier alpha value is -1.52. The van der Waals surface area contributed by atoms with E-state index in [1.807, 2.05) is 43.3 Å². The number of hydrogen-bond donors (Lipinski definition) is 1. The van der Waals surface area contributed by atoms with Crippen LogP contribution in [0.1, 0.15) is 25.1 Å². The van der Waals surface area contributed by atoms with Crippen molar-refractivity contribution in [2.45, 2.75) is 29.2 Å². The summed E-state index contributed by atoms with van der Waals surface area (Å²) in [6.07, 6.45) is 1.99. The van der Waals surface area contributed by atoms with E-state index in [-0.39, 0.29) is 0 Å². The zero-order valence-corrected chi connectivity index (χ0v) is 11.9. The highest BCUT2D eigenvalue weighted by molar-refractivity contribution is 7.99. The minimum atomic E-state index is -0.476. The number of ether oxygens (including phenoxy) is 1. The lowest BCUT2D eigenvalue weighted by Crippen LogP contribution is -1.97. The van der Waals surface area contributed by atoms with E-state index in [0.717, 1.165) is 21.2 Å². The summed E-state index contributed by atoms with van der Waals surface area (Å²) in [6.45, 7) is 1.94. The predicted molar refractivity (Wildman–Crippen MR) is 76.6 cm³/mol. The Morgan fingerprint density at radius 2 is 2.11 bits per heavy atom. The summed E-state index contributed by atoms with van der Waals surface area (Å²) in [4.78, 5) is 6.43. The van der Waals surface area contributed by atoms with Crippen LogP contribution in [0.2, 0.25) is 0 Å². The quantitative estimate of drug-likeness (QED) is 0.903. The average Bonchev–Trinajstić information content (AvgIpc) is 2.47. The maximum absolute atomic E-state index is 9.69. The van der Waals surface area contributed by atoms with Crippen molar-refractivity contribution in [3.8, 4) is 5.75 Å². The molecule has 1 N–H and O–H groups in total. The number of hydrogen-bond acceptors (Lipinski definition) is 4. The molecule has 19 heavy (non-hydrogen) atoms. The number of aliphatic hydroxyl groups is 1. The highest BCUT2D eigenvalue weighted by Crippen LogP contribution is 2.30. The van der Waals surface area contributed by atoms with Crippen molar-refractivity contribution in [1.82, 2.24) is 4.98 Å². The minimum absolute atomic E-state index is 0.476. The summed E-state index contributed by atoms with van der Waals surface area (Å²) < 4.78 is 5.20. The van der Waals surface area contributed by atoms with Gasteiger partial charge in [0.25, 0.3) is 0 Å². The second-order valence-electron chi connectivity index (χ2n) is 4.12. The van der Waals surface area contributed by atoms with Crippen LogP contribution in [0.3, 0.4) is 0 Å². The highest BCUT2D eigenvalue weighted by Gasteiger charge is 2.06. The van der Waals surface area contributed by atoms with Gasteiger partial charge in [-0.25, -0.2) is 0 Å². The standard InChI is InChI=1S/C15H17NO2S/c1-3-15(17)14-8-7-13(10-16-14)19-12-6-4-5-11(9-12)18-2/h4-10,15,17H,3H2,1-2H3/t15-/m0/s1. The van der Waals surface area contributed by atoms with Crippen LogP contribution in [0, 0.1) is 0 Å². The molecule has 100 valence electrons. The van der Waals surface area contributed by atoms with Gasteiger partial charge in [-0.2, -0.15) is 0 Å². The zero-order chi connectivity index (χ0) is 13.7. The fourth-order valence-corrected chi connectivity index (χ4v) is 2.49. The summed E-state index contributed by atoms with van der Waals surface area (Å²) in [5, 5.41) is 9.69. The minimum Gasteiger partial charge on any atom is -0.497 e. The number of nitrogens with zero attached hydrogens (tertiary/aromatic N) is 1. The second-order valence-corrected chi connectivity index (χ2v) is 5.27. The van der Waals surface area contributed by atoms with Gasteiger partial charge < -0.3 is 9.84 Å². The van der Waals surface area contributed by atoms with Crippen LogP contribution >= 0.6 is 11.8 Å². The first kappa shape index (κ1) is 13.9. The molecule has 0 aliphatic heterocycles. The fraction of sp³-hybridized carbons (Fsp3) is 0.267. The molecule has 1 atom stereocenters. The van der Waals surface area contributed by atoms with Crippen LogP contribution < -0.4 is 4.74 Å². The topological polar surface area (TPSA) is 42.4 Å². The maximum Gasteiger partial charge on any atom is 0.119 e. The first-order valence-corrected chi connectivity index (χ1v) is 7.00. The van der Waals surface area contributed by atoms with Gasteiger partial charge in [0.1, 0.15) is 5.75 Å². The molecular formula is C15H17NO2S. The molecule has 0 bridgehead atoms. The van der Waals surface area contributed by atoms with E-state index in [2.05, 4.69) is 4.98 Å². The molecule has 0 unspecified atom stereocenters. The molecule has 4 heteroatoms. The van der Waals surface area contributed by atoms with Crippen LogP contribution in [0.5, 0.6) is 5.75 Å². The monoisotopic (exact) mass is 275 g/mol. The number of aliphatic hydroxyl groups excluding tert-OH is 1. The van der Waals surface area contributed by atoms with E-state index in [1.165, 1.54) is 0 Å². The molecule has 1 heterocycles. The Morgan fingerprint density at radius 3 is 2.74 bits per heavy atom. The van der Waals surface area contributed by atoms with E-state index in [4.69, 9.17) is 4.74 Å². The molecule has 0 saturated carbocycles. The molecule has 0 spiro atoms. The molecule has 3 nitrogen and oxygen atoms in total. The Labute approximate surface area is 117 Å². The third kappa shape index (κ3) is 3.72. The van der Waals surface area contributed by atoms with Crippen molar-refractivity contribution < 1.29 is 9.84 Å². The summed E-state index contributed by atoms with van der Waals surface area (Å²) >= 11 is 1.62.